The average molecular weight is 502 g/mol. The van der Waals surface area contributed by atoms with E-state index in [0.29, 0.717) is 24.5 Å². The number of methoxy groups -OCH3 is 1. The summed E-state index contributed by atoms with van der Waals surface area (Å²) < 4.78 is 7.05. The molecule has 0 unspecified atom stereocenters. The number of ether oxygens (including phenoxy) is 1. The van der Waals surface area contributed by atoms with Gasteiger partial charge in [-0.25, -0.2) is 4.68 Å². The molecule has 0 saturated carbocycles. The topological polar surface area (TPSA) is 92.2 Å². The molecule has 1 N–H and O–H groups in total. The van der Waals surface area contributed by atoms with Crippen molar-refractivity contribution in [3.8, 4) is 0 Å². The van der Waals surface area contributed by atoms with E-state index < -0.39 is 0 Å². The summed E-state index contributed by atoms with van der Waals surface area (Å²) in [6, 6.07) is 14.3. The molecule has 1 atom stereocenters. The van der Waals surface area contributed by atoms with E-state index in [1.54, 1.807) is 11.8 Å². The zero-order valence-corrected chi connectivity index (χ0v) is 22.1. The summed E-state index contributed by atoms with van der Waals surface area (Å²) in [7, 11) is 1.66. The number of benzene rings is 2. The smallest absolute Gasteiger partial charge is 0.253 e. The van der Waals surface area contributed by atoms with Crippen LogP contribution in [0.2, 0.25) is 0 Å². The molecule has 3 heterocycles. The van der Waals surface area contributed by atoms with Crippen molar-refractivity contribution in [1.82, 2.24) is 30.1 Å². The molecule has 1 fully saturated rings. The van der Waals surface area contributed by atoms with Gasteiger partial charge in [-0.3, -0.25) is 9.69 Å². The fourth-order valence-electron chi connectivity index (χ4n) is 5.24. The van der Waals surface area contributed by atoms with Gasteiger partial charge in [0, 0.05) is 50.1 Å². The number of pyridine rings is 1. The van der Waals surface area contributed by atoms with Crippen LogP contribution >= 0.6 is 0 Å². The van der Waals surface area contributed by atoms with Crippen LogP contribution in [0.4, 0.5) is 5.69 Å². The fourth-order valence-corrected chi connectivity index (χ4v) is 5.24. The van der Waals surface area contributed by atoms with Crippen LogP contribution in [0, 0.1) is 13.8 Å². The van der Waals surface area contributed by atoms with Gasteiger partial charge in [0.2, 0.25) is 0 Å². The van der Waals surface area contributed by atoms with Crippen molar-refractivity contribution in [3.63, 3.8) is 0 Å². The van der Waals surface area contributed by atoms with Crippen molar-refractivity contribution in [3.05, 3.63) is 80.9 Å². The van der Waals surface area contributed by atoms with Gasteiger partial charge in [0.1, 0.15) is 6.04 Å². The Hall–Kier alpha value is -3.56. The lowest BCUT2D eigenvalue weighted by Gasteiger charge is -2.40. The van der Waals surface area contributed by atoms with Crippen LogP contribution in [0.5, 0.6) is 0 Å². The van der Waals surface area contributed by atoms with Crippen molar-refractivity contribution in [2.45, 2.75) is 39.8 Å². The minimum absolute atomic E-state index is 0.111. The predicted molar refractivity (Wildman–Crippen MR) is 145 cm³/mol. The first-order chi connectivity index (χ1) is 18.0. The highest BCUT2D eigenvalue weighted by Gasteiger charge is 2.33. The number of nitrogens with zero attached hydrogens (tertiary/aromatic N) is 6. The van der Waals surface area contributed by atoms with Gasteiger partial charge in [-0.1, -0.05) is 25.1 Å². The number of hydrogen-bond acceptors (Lipinski definition) is 7. The van der Waals surface area contributed by atoms with Gasteiger partial charge in [-0.2, -0.15) is 0 Å². The van der Waals surface area contributed by atoms with Crippen LogP contribution in [-0.4, -0.2) is 70.0 Å². The zero-order chi connectivity index (χ0) is 25.9. The first kappa shape index (κ1) is 25.1. The molecule has 1 aliphatic heterocycles. The van der Waals surface area contributed by atoms with Crippen LogP contribution in [0.15, 0.2) is 47.3 Å². The van der Waals surface area contributed by atoms with E-state index in [0.717, 1.165) is 43.5 Å². The van der Waals surface area contributed by atoms with Crippen LogP contribution in [-0.2, 0) is 17.7 Å². The van der Waals surface area contributed by atoms with Gasteiger partial charge in [-0.15, -0.1) is 5.10 Å². The van der Waals surface area contributed by atoms with Crippen molar-refractivity contribution < 1.29 is 4.74 Å². The van der Waals surface area contributed by atoms with Gasteiger partial charge in [0.25, 0.3) is 5.56 Å². The Labute approximate surface area is 217 Å². The molecular formula is C28H35N7O2. The number of piperazine rings is 1. The zero-order valence-electron chi connectivity index (χ0n) is 22.1. The SMILES string of the molecule is CCc1ccc2[nH]c(=O)c([C@@H](c3nnnn3CCOC)N3CCN(c4cccc(C)c4C)CC3)cc2c1. The van der Waals surface area contributed by atoms with Crippen LogP contribution in [0.25, 0.3) is 10.9 Å². The van der Waals surface area contributed by atoms with E-state index in [9.17, 15) is 4.79 Å². The van der Waals surface area contributed by atoms with E-state index in [4.69, 9.17) is 4.74 Å². The monoisotopic (exact) mass is 501 g/mol. The highest BCUT2D eigenvalue weighted by Crippen LogP contribution is 2.30. The minimum Gasteiger partial charge on any atom is -0.383 e. The van der Waals surface area contributed by atoms with Crippen molar-refractivity contribution in [1.29, 1.82) is 0 Å². The fraction of sp³-hybridized carbons (Fsp3) is 0.429. The second-order valence-electron chi connectivity index (χ2n) is 9.73. The number of aryl methyl sites for hydroxylation is 2. The number of hydrogen-bond donors (Lipinski definition) is 1. The van der Waals surface area contributed by atoms with Gasteiger partial charge < -0.3 is 14.6 Å². The van der Waals surface area contributed by atoms with E-state index in [2.05, 4.69) is 81.4 Å². The first-order valence-corrected chi connectivity index (χ1v) is 13.0. The molecule has 4 aromatic rings. The van der Waals surface area contributed by atoms with Crippen LogP contribution in [0.1, 0.15) is 41.0 Å². The second kappa shape index (κ2) is 10.8. The number of tetrazole rings is 1. The molecule has 2 aromatic heterocycles. The Bertz CT molecular complexity index is 1440. The number of nitrogens with one attached hydrogen (secondary N) is 1. The van der Waals surface area contributed by atoms with Crippen molar-refractivity contribution in [2.75, 3.05) is 44.8 Å². The molecule has 37 heavy (non-hydrogen) atoms. The maximum absolute atomic E-state index is 13.5. The summed E-state index contributed by atoms with van der Waals surface area (Å²) >= 11 is 0. The highest BCUT2D eigenvalue weighted by atomic mass is 16.5. The molecule has 1 aliphatic rings. The molecule has 194 valence electrons. The number of H-pyrrole nitrogens is 1. The van der Waals surface area contributed by atoms with E-state index in [-0.39, 0.29) is 11.6 Å². The summed E-state index contributed by atoms with van der Waals surface area (Å²) in [6.07, 6.45) is 0.934. The van der Waals surface area contributed by atoms with Crippen molar-refractivity contribution >= 4 is 16.6 Å². The molecule has 2 aromatic carbocycles. The maximum Gasteiger partial charge on any atom is 0.253 e. The third-order valence-electron chi connectivity index (χ3n) is 7.55. The Morgan fingerprint density at radius 3 is 2.65 bits per heavy atom. The predicted octanol–water partition coefficient (Wildman–Crippen LogP) is 3.25. The molecule has 0 radical (unpaired) electrons. The molecule has 0 aliphatic carbocycles. The lowest BCUT2D eigenvalue weighted by Crippen LogP contribution is -2.49. The first-order valence-electron chi connectivity index (χ1n) is 13.0. The number of aromatic amines is 1. The number of aromatic nitrogens is 5. The Morgan fingerprint density at radius 1 is 1.08 bits per heavy atom. The van der Waals surface area contributed by atoms with Crippen LogP contribution in [0.3, 0.4) is 0 Å². The standard InChI is InChI=1S/C28H35N7O2/c1-5-21-9-10-24-22(17-21)18-23(28(36)29-24)26(27-30-31-32-35(27)15-16-37-4)34-13-11-33(12-14-34)25-8-6-7-19(2)20(25)3/h6-10,17-18,26H,5,11-16H2,1-4H3,(H,29,36)/t26-/m0/s1. The Balaban J connectivity index is 1.53. The number of anilines is 1. The summed E-state index contributed by atoms with van der Waals surface area (Å²) in [5, 5.41) is 13.6. The largest absolute Gasteiger partial charge is 0.383 e. The highest BCUT2D eigenvalue weighted by molar-refractivity contribution is 5.80. The third kappa shape index (κ3) is 5.01. The van der Waals surface area contributed by atoms with Gasteiger partial charge in [-0.05, 0) is 77.0 Å². The van der Waals surface area contributed by atoms with Gasteiger partial charge >= 0.3 is 0 Å². The quantitative estimate of drug-likeness (QED) is 0.396. The molecule has 1 saturated heterocycles. The normalized spacial score (nSPS) is 15.4. The second-order valence-corrected chi connectivity index (χ2v) is 9.73. The van der Waals surface area contributed by atoms with Gasteiger partial charge in [0.15, 0.2) is 5.82 Å². The molecule has 0 amide bonds. The number of fused-ring (bicyclic) bond motifs is 1. The molecule has 9 nitrogen and oxygen atoms in total. The molecule has 9 heteroatoms. The summed E-state index contributed by atoms with van der Waals surface area (Å²) in [4.78, 5) is 21.3. The maximum atomic E-state index is 13.5. The number of rotatable bonds is 8. The molecular weight excluding hydrogens is 466 g/mol. The lowest BCUT2D eigenvalue weighted by atomic mass is 10.0. The molecule has 0 bridgehead atoms. The Morgan fingerprint density at radius 2 is 1.89 bits per heavy atom. The molecule has 0 spiro atoms. The Kier molecular flexibility index (Phi) is 7.34. The van der Waals surface area contributed by atoms with Crippen molar-refractivity contribution in [2.24, 2.45) is 0 Å². The summed E-state index contributed by atoms with van der Waals surface area (Å²) in [6.45, 7) is 10.7. The average Bonchev–Trinajstić information content (AvgIpc) is 3.37. The minimum atomic E-state index is -0.369. The lowest BCUT2D eigenvalue weighted by molar-refractivity contribution is 0.171. The van der Waals surface area contributed by atoms with Crippen LogP contribution < -0.4 is 10.5 Å². The van der Waals surface area contributed by atoms with E-state index in [1.807, 2.05) is 12.1 Å². The summed E-state index contributed by atoms with van der Waals surface area (Å²) in [5.74, 6) is 0.661. The summed E-state index contributed by atoms with van der Waals surface area (Å²) in [5.41, 5.74) is 6.50. The van der Waals surface area contributed by atoms with E-state index in [1.165, 1.54) is 22.4 Å². The third-order valence-corrected chi connectivity index (χ3v) is 7.55. The molecule has 5 rings (SSSR count). The van der Waals surface area contributed by atoms with Gasteiger partial charge in [0.05, 0.1) is 13.2 Å². The van der Waals surface area contributed by atoms with E-state index >= 15 is 0 Å².